The first kappa shape index (κ1) is 14.9. The normalized spacial score (nSPS) is 11.4. The summed E-state index contributed by atoms with van der Waals surface area (Å²) in [6.07, 6.45) is 1.09. The lowest BCUT2D eigenvalue weighted by Crippen LogP contribution is -2.15. The van der Waals surface area contributed by atoms with Gasteiger partial charge in [0.25, 0.3) is 5.69 Å². The van der Waals surface area contributed by atoms with E-state index in [9.17, 15) is 14.9 Å². The lowest BCUT2D eigenvalue weighted by molar-refractivity contribution is -0.385. The van der Waals surface area contributed by atoms with Gasteiger partial charge in [0.2, 0.25) is 0 Å². The molecule has 0 aromatic carbocycles. The average molecular weight is 281 g/mol. The number of esters is 1. The van der Waals surface area contributed by atoms with Gasteiger partial charge in [-0.25, -0.2) is 4.98 Å². The SMILES string of the molecule is COC(=O)C(C)CSc1ncc([N+](=O)[O-])cc1C#N. The molecule has 1 aromatic rings. The fraction of sp³-hybridized carbons (Fsp3) is 0.364. The summed E-state index contributed by atoms with van der Waals surface area (Å²) < 4.78 is 4.58. The van der Waals surface area contributed by atoms with E-state index in [0.29, 0.717) is 10.8 Å². The maximum absolute atomic E-state index is 11.2. The summed E-state index contributed by atoms with van der Waals surface area (Å²) in [6.45, 7) is 1.69. The van der Waals surface area contributed by atoms with Crippen molar-refractivity contribution in [3.05, 3.63) is 27.9 Å². The Hall–Kier alpha value is -2.14. The summed E-state index contributed by atoms with van der Waals surface area (Å²) in [5.74, 6) is -0.321. The zero-order valence-corrected chi connectivity index (χ0v) is 11.1. The van der Waals surface area contributed by atoms with E-state index < -0.39 is 4.92 Å². The second-order valence-electron chi connectivity index (χ2n) is 3.65. The van der Waals surface area contributed by atoms with Crippen molar-refractivity contribution in [3.63, 3.8) is 0 Å². The molecule has 0 aliphatic carbocycles. The molecule has 0 aliphatic heterocycles. The summed E-state index contributed by atoms with van der Waals surface area (Å²) in [6, 6.07) is 3.02. The maximum Gasteiger partial charge on any atom is 0.309 e. The van der Waals surface area contributed by atoms with Crippen LogP contribution in [0.2, 0.25) is 0 Å². The van der Waals surface area contributed by atoms with Crippen molar-refractivity contribution in [2.75, 3.05) is 12.9 Å². The molecule has 0 fully saturated rings. The molecule has 7 nitrogen and oxygen atoms in total. The van der Waals surface area contributed by atoms with Crippen molar-refractivity contribution in [1.29, 1.82) is 5.26 Å². The lowest BCUT2D eigenvalue weighted by Gasteiger charge is -2.08. The fourth-order valence-electron chi connectivity index (χ4n) is 1.21. The fourth-order valence-corrected chi connectivity index (χ4v) is 2.14. The van der Waals surface area contributed by atoms with E-state index in [4.69, 9.17) is 5.26 Å². The molecular formula is C11H11N3O4S. The third kappa shape index (κ3) is 3.93. The molecule has 1 heterocycles. The Balaban J connectivity index is 2.82. The third-order valence-electron chi connectivity index (χ3n) is 2.24. The Kier molecular flexibility index (Phi) is 5.26. The molecule has 8 heteroatoms. The van der Waals surface area contributed by atoms with Gasteiger partial charge in [-0.1, -0.05) is 6.92 Å². The number of aromatic nitrogens is 1. The van der Waals surface area contributed by atoms with Crippen LogP contribution in [-0.2, 0) is 9.53 Å². The highest BCUT2D eigenvalue weighted by Crippen LogP contribution is 2.25. The molecule has 0 saturated heterocycles. The molecule has 1 unspecified atom stereocenters. The minimum atomic E-state index is -0.612. The van der Waals surface area contributed by atoms with Gasteiger partial charge in [-0.15, -0.1) is 11.8 Å². The number of thioether (sulfide) groups is 1. The quantitative estimate of drug-likeness (QED) is 0.350. The van der Waals surface area contributed by atoms with Gasteiger partial charge in [0.05, 0.1) is 23.5 Å². The van der Waals surface area contributed by atoms with Gasteiger partial charge in [0.1, 0.15) is 17.3 Å². The van der Waals surface area contributed by atoms with Crippen molar-refractivity contribution < 1.29 is 14.5 Å². The second kappa shape index (κ2) is 6.70. The molecule has 100 valence electrons. The predicted octanol–water partition coefficient (Wildman–Crippen LogP) is 1.76. The Bertz CT molecular complexity index is 541. The molecule has 1 rings (SSSR count). The predicted molar refractivity (Wildman–Crippen MR) is 67.5 cm³/mol. The van der Waals surface area contributed by atoms with Crippen LogP contribution in [0, 0.1) is 27.4 Å². The molecule has 1 atom stereocenters. The van der Waals surface area contributed by atoms with Gasteiger partial charge in [0, 0.05) is 11.8 Å². The number of carbonyl (C=O) groups is 1. The van der Waals surface area contributed by atoms with Gasteiger partial charge in [-0.2, -0.15) is 5.26 Å². The summed E-state index contributed by atoms with van der Waals surface area (Å²) in [4.78, 5) is 25.0. The molecule has 19 heavy (non-hydrogen) atoms. The van der Waals surface area contributed by atoms with Crippen LogP contribution in [0.3, 0.4) is 0 Å². The monoisotopic (exact) mass is 281 g/mol. The van der Waals surface area contributed by atoms with Crippen molar-refractivity contribution in [2.45, 2.75) is 11.9 Å². The topological polar surface area (TPSA) is 106 Å². The largest absolute Gasteiger partial charge is 0.469 e. The second-order valence-corrected chi connectivity index (χ2v) is 4.66. The highest BCUT2D eigenvalue weighted by molar-refractivity contribution is 7.99. The van der Waals surface area contributed by atoms with Gasteiger partial charge in [0.15, 0.2) is 0 Å². The first-order valence-electron chi connectivity index (χ1n) is 5.24. The average Bonchev–Trinajstić information content (AvgIpc) is 2.43. The van der Waals surface area contributed by atoms with Crippen LogP contribution in [-0.4, -0.2) is 28.7 Å². The molecule has 0 saturated carbocycles. The summed E-state index contributed by atoms with van der Waals surface area (Å²) in [7, 11) is 1.30. The molecule has 0 bridgehead atoms. The van der Waals surface area contributed by atoms with Crippen molar-refractivity contribution in [2.24, 2.45) is 5.92 Å². The van der Waals surface area contributed by atoms with E-state index in [0.717, 1.165) is 12.3 Å². The minimum absolute atomic E-state index is 0.122. The van der Waals surface area contributed by atoms with Crippen molar-refractivity contribution in [1.82, 2.24) is 4.98 Å². The Morgan fingerprint density at radius 3 is 2.95 bits per heavy atom. The van der Waals surface area contributed by atoms with Crippen LogP contribution in [0.15, 0.2) is 17.3 Å². The standard InChI is InChI=1S/C11H11N3O4S/c1-7(11(15)18-2)6-19-10-8(4-12)3-9(5-13-10)14(16)17/h3,5,7H,6H2,1-2H3. The number of hydrogen-bond donors (Lipinski definition) is 0. The van der Waals surface area contributed by atoms with E-state index in [1.807, 2.05) is 6.07 Å². The van der Waals surface area contributed by atoms with E-state index >= 15 is 0 Å². The van der Waals surface area contributed by atoms with Crippen LogP contribution in [0.4, 0.5) is 5.69 Å². The number of nitriles is 1. The smallest absolute Gasteiger partial charge is 0.309 e. The highest BCUT2D eigenvalue weighted by Gasteiger charge is 2.17. The van der Waals surface area contributed by atoms with Crippen LogP contribution in [0.1, 0.15) is 12.5 Å². The zero-order chi connectivity index (χ0) is 14.4. The first-order chi connectivity index (χ1) is 8.99. The molecule has 0 radical (unpaired) electrons. The van der Waals surface area contributed by atoms with Gasteiger partial charge in [-0.05, 0) is 0 Å². The summed E-state index contributed by atoms with van der Waals surface area (Å²) in [5, 5.41) is 19.9. The van der Waals surface area contributed by atoms with Gasteiger partial charge < -0.3 is 4.74 Å². The summed E-state index contributed by atoms with van der Waals surface area (Å²) in [5.41, 5.74) is -0.113. The number of carbonyl (C=O) groups excluding carboxylic acids is 1. The molecule has 0 aliphatic rings. The molecule has 0 amide bonds. The Morgan fingerprint density at radius 2 is 2.42 bits per heavy atom. The van der Waals surface area contributed by atoms with E-state index in [2.05, 4.69) is 9.72 Å². The number of nitrogens with zero attached hydrogens (tertiary/aromatic N) is 3. The zero-order valence-electron chi connectivity index (χ0n) is 10.3. The summed E-state index contributed by atoms with van der Waals surface area (Å²) >= 11 is 1.19. The first-order valence-corrected chi connectivity index (χ1v) is 6.23. The van der Waals surface area contributed by atoms with E-state index in [1.54, 1.807) is 6.92 Å². The Morgan fingerprint density at radius 1 is 1.74 bits per heavy atom. The van der Waals surface area contributed by atoms with E-state index in [1.165, 1.54) is 18.9 Å². The minimum Gasteiger partial charge on any atom is -0.469 e. The van der Waals surface area contributed by atoms with Crippen molar-refractivity contribution >= 4 is 23.4 Å². The highest BCUT2D eigenvalue weighted by atomic mass is 32.2. The van der Waals surface area contributed by atoms with Gasteiger partial charge in [-0.3, -0.25) is 14.9 Å². The third-order valence-corrected chi connectivity index (χ3v) is 3.51. The van der Waals surface area contributed by atoms with Crippen molar-refractivity contribution in [3.8, 4) is 6.07 Å². The number of pyridine rings is 1. The van der Waals surface area contributed by atoms with Crippen LogP contribution >= 0.6 is 11.8 Å². The number of nitro groups is 1. The van der Waals surface area contributed by atoms with E-state index in [-0.39, 0.29) is 23.1 Å². The number of ether oxygens (including phenoxy) is 1. The van der Waals surface area contributed by atoms with Gasteiger partial charge >= 0.3 is 5.97 Å². The van der Waals surface area contributed by atoms with Crippen LogP contribution in [0.5, 0.6) is 0 Å². The number of rotatable bonds is 5. The molecule has 0 spiro atoms. The molecule has 0 N–H and O–H groups in total. The maximum atomic E-state index is 11.2. The number of hydrogen-bond acceptors (Lipinski definition) is 7. The number of methoxy groups -OCH3 is 1. The van der Waals surface area contributed by atoms with Crippen LogP contribution < -0.4 is 0 Å². The lowest BCUT2D eigenvalue weighted by atomic mass is 10.2. The molecular weight excluding hydrogens is 270 g/mol. The van der Waals surface area contributed by atoms with Crippen LogP contribution in [0.25, 0.3) is 0 Å². The molecule has 1 aromatic heterocycles. The Labute approximate surface area is 113 Å².